The third-order valence-electron chi connectivity index (χ3n) is 4.88. The molecule has 8 heteroatoms. The number of hydrogen-bond donors (Lipinski definition) is 1. The first-order chi connectivity index (χ1) is 15.0. The van der Waals surface area contributed by atoms with E-state index in [1.54, 1.807) is 0 Å². The van der Waals surface area contributed by atoms with Crippen LogP contribution in [0.25, 0.3) is 11.4 Å². The maximum Gasteiger partial charge on any atom is 0.234 e. The fourth-order valence-electron chi connectivity index (χ4n) is 3.51. The topological polar surface area (TPSA) is 78.3 Å². The van der Waals surface area contributed by atoms with Gasteiger partial charge in [0.25, 0.3) is 0 Å². The van der Waals surface area contributed by atoms with Crippen LogP contribution >= 0.6 is 11.8 Å². The quantitative estimate of drug-likeness (QED) is 0.517. The van der Waals surface area contributed by atoms with Gasteiger partial charge in [0, 0.05) is 12.2 Å². The summed E-state index contributed by atoms with van der Waals surface area (Å²) in [5.74, 6) is 2.86. The molecule has 2 heterocycles. The van der Waals surface area contributed by atoms with Crippen LogP contribution < -0.4 is 14.8 Å². The summed E-state index contributed by atoms with van der Waals surface area (Å²) < 4.78 is 13.1. The van der Waals surface area contributed by atoms with E-state index in [4.69, 9.17) is 9.47 Å². The molecule has 1 aliphatic rings. The van der Waals surface area contributed by atoms with Gasteiger partial charge in [-0.25, -0.2) is 0 Å². The maximum absolute atomic E-state index is 12.5. The Bertz CT molecular complexity index is 1060. The van der Waals surface area contributed by atoms with Crippen LogP contribution in [0.5, 0.6) is 11.5 Å². The van der Waals surface area contributed by atoms with Crippen LogP contribution in [0.3, 0.4) is 0 Å². The Morgan fingerprint density at radius 3 is 2.71 bits per heavy atom. The van der Waals surface area contributed by atoms with E-state index in [0.29, 0.717) is 34.9 Å². The minimum atomic E-state index is -0.0776. The second-order valence-corrected chi connectivity index (χ2v) is 8.66. The van der Waals surface area contributed by atoms with Gasteiger partial charge in [-0.15, -0.1) is 10.2 Å². The number of carbonyl (C=O) groups is 1. The molecule has 2 aromatic carbocycles. The van der Waals surface area contributed by atoms with Crippen molar-refractivity contribution in [1.82, 2.24) is 14.8 Å². The number of nitrogens with zero attached hydrogens (tertiary/aromatic N) is 3. The second-order valence-electron chi connectivity index (χ2n) is 7.72. The molecular weight excluding hydrogens is 412 g/mol. The van der Waals surface area contributed by atoms with Gasteiger partial charge in [0.2, 0.25) is 12.7 Å². The first kappa shape index (κ1) is 21.2. The molecule has 0 unspecified atom stereocenters. The van der Waals surface area contributed by atoms with Crippen molar-refractivity contribution < 1.29 is 14.3 Å². The monoisotopic (exact) mass is 438 g/mol. The number of thioether (sulfide) groups is 1. The number of aromatic nitrogens is 3. The zero-order valence-electron chi connectivity index (χ0n) is 17.9. The lowest BCUT2D eigenvalue weighted by Crippen LogP contribution is -2.14. The van der Waals surface area contributed by atoms with Crippen molar-refractivity contribution in [3.05, 3.63) is 48.0 Å². The molecule has 0 spiro atoms. The number of anilines is 1. The fourth-order valence-corrected chi connectivity index (χ4v) is 4.31. The van der Waals surface area contributed by atoms with Crippen molar-refractivity contribution in [2.75, 3.05) is 17.9 Å². The van der Waals surface area contributed by atoms with Crippen molar-refractivity contribution in [2.24, 2.45) is 5.92 Å². The molecule has 0 bridgehead atoms. The van der Waals surface area contributed by atoms with Gasteiger partial charge in [0.05, 0.1) is 11.3 Å². The molecule has 162 valence electrons. The van der Waals surface area contributed by atoms with Crippen LogP contribution in [0, 0.1) is 5.92 Å². The lowest BCUT2D eigenvalue weighted by Gasteiger charge is -2.10. The summed E-state index contributed by atoms with van der Waals surface area (Å²) in [4.78, 5) is 12.5. The van der Waals surface area contributed by atoms with Gasteiger partial charge in [-0.1, -0.05) is 43.8 Å². The van der Waals surface area contributed by atoms with E-state index in [1.807, 2.05) is 41.8 Å². The summed E-state index contributed by atoms with van der Waals surface area (Å²) in [6.45, 7) is 7.29. The van der Waals surface area contributed by atoms with Crippen LogP contribution in [-0.4, -0.2) is 33.2 Å². The number of para-hydroxylation sites is 1. The minimum absolute atomic E-state index is 0.0776. The van der Waals surface area contributed by atoms with Gasteiger partial charge in [-0.3, -0.25) is 4.79 Å². The van der Waals surface area contributed by atoms with Crippen molar-refractivity contribution in [3.8, 4) is 22.9 Å². The summed E-state index contributed by atoms with van der Waals surface area (Å²) in [6.07, 6.45) is 1.03. The fraction of sp³-hybridized carbons (Fsp3) is 0.348. The van der Waals surface area contributed by atoms with E-state index in [0.717, 1.165) is 17.7 Å². The number of nitrogens with one attached hydrogen (secondary N) is 1. The molecule has 0 radical (unpaired) electrons. The van der Waals surface area contributed by atoms with Gasteiger partial charge in [0.1, 0.15) is 0 Å². The Balaban J connectivity index is 1.41. The van der Waals surface area contributed by atoms with E-state index in [1.165, 1.54) is 17.3 Å². The summed E-state index contributed by atoms with van der Waals surface area (Å²) >= 11 is 1.36. The van der Waals surface area contributed by atoms with E-state index >= 15 is 0 Å². The number of hydrogen-bond acceptors (Lipinski definition) is 6. The Labute approximate surface area is 186 Å². The number of rotatable bonds is 8. The molecule has 3 aromatic rings. The SMILES string of the molecule is CCn1c(SCC(=O)Nc2ccc(CC(C)C)cc2)nnc1-c1cccc2c1OCO2. The predicted molar refractivity (Wildman–Crippen MR) is 122 cm³/mol. The first-order valence-corrected chi connectivity index (χ1v) is 11.4. The van der Waals surface area contributed by atoms with Crippen LogP contribution in [0.4, 0.5) is 5.69 Å². The average molecular weight is 439 g/mol. The number of benzene rings is 2. The first-order valence-electron chi connectivity index (χ1n) is 10.4. The lowest BCUT2D eigenvalue weighted by atomic mass is 10.0. The maximum atomic E-state index is 12.5. The summed E-state index contributed by atoms with van der Waals surface area (Å²) in [5, 5.41) is 12.3. The minimum Gasteiger partial charge on any atom is -0.454 e. The van der Waals surface area contributed by atoms with Gasteiger partial charge in [0.15, 0.2) is 22.5 Å². The number of ether oxygens (including phenoxy) is 2. The smallest absolute Gasteiger partial charge is 0.234 e. The Hall–Kier alpha value is -3.00. The van der Waals surface area contributed by atoms with Crippen molar-refractivity contribution in [3.63, 3.8) is 0 Å². The lowest BCUT2D eigenvalue weighted by molar-refractivity contribution is -0.113. The van der Waals surface area contributed by atoms with E-state index in [2.05, 4.69) is 41.5 Å². The molecule has 1 aliphatic heterocycles. The van der Waals surface area contributed by atoms with Gasteiger partial charge in [-0.05, 0) is 49.1 Å². The third-order valence-corrected chi connectivity index (χ3v) is 5.85. The second kappa shape index (κ2) is 9.43. The largest absolute Gasteiger partial charge is 0.454 e. The molecular formula is C23H26N4O3S. The molecule has 0 saturated heterocycles. The normalized spacial score (nSPS) is 12.4. The van der Waals surface area contributed by atoms with Crippen LogP contribution in [-0.2, 0) is 17.8 Å². The predicted octanol–water partition coefficient (Wildman–Crippen LogP) is 4.62. The van der Waals surface area contributed by atoms with Crippen molar-refractivity contribution >= 4 is 23.4 Å². The molecule has 1 amide bonds. The molecule has 4 rings (SSSR count). The summed E-state index contributed by atoms with van der Waals surface area (Å²) in [6, 6.07) is 13.7. The van der Waals surface area contributed by atoms with Gasteiger partial charge < -0.3 is 19.4 Å². The zero-order chi connectivity index (χ0) is 21.8. The third kappa shape index (κ3) is 4.85. The highest BCUT2D eigenvalue weighted by atomic mass is 32.2. The van der Waals surface area contributed by atoms with E-state index < -0.39 is 0 Å². The molecule has 0 saturated carbocycles. The zero-order valence-corrected chi connectivity index (χ0v) is 18.7. The Kier molecular flexibility index (Phi) is 6.46. The average Bonchev–Trinajstić information content (AvgIpc) is 3.39. The highest BCUT2D eigenvalue weighted by Gasteiger charge is 2.23. The molecule has 1 aromatic heterocycles. The molecule has 1 N–H and O–H groups in total. The van der Waals surface area contributed by atoms with E-state index in [9.17, 15) is 4.79 Å². The Morgan fingerprint density at radius 1 is 1.16 bits per heavy atom. The summed E-state index contributed by atoms with van der Waals surface area (Å²) in [7, 11) is 0. The van der Waals surface area contributed by atoms with Gasteiger partial charge in [-0.2, -0.15) is 0 Å². The summed E-state index contributed by atoms with van der Waals surface area (Å²) in [5.41, 5.74) is 2.91. The van der Waals surface area contributed by atoms with Gasteiger partial charge >= 0.3 is 0 Å². The molecule has 7 nitrogen and oxygen atoms in total. The highest BCUT2D eigenvalue weighted by Crippen LogP contribution is 2.41. The van der Waals surface area contributed by atoms with Crippen LogP contribution in [0.1, 0.15) is 26.3 Å². The standard InChI is InChI=1S/C23H26N4O3S/c1-4-27-22(18-6-5-7-19-21(18)30-14-29-19)25-26-23(27)31-13-20(28)24-17-10-8-16(9-11-17)12-15(2)3/h5-11,15H,4,12-14H2,1-3H3,(H,24,28). The Morgan fingerprint density at radius 2 is 1.97 bits per heavy atom. The van der Waals surface area contributed by atoms with E-state index in [-0.39, 0.29) is 18.5 Å². The highest BCUT2D eigenvalue weighted by molar-refractivity contribution is 7.99. The molecule has 31 heavy (non-hydrogen) atoms. The van der Waals surface area contributed by atoms with Crippen molar-refractivity contribution in [2.45, 2.75) is 38.9 Å². The number of fused-ring (bicyclic) bond motifs is 1. The number of amides is 1. The molecule has 0 atom stereocenters. The molecule has 0 aliphatic carbocycles. The van der Waals surface area contributed by atoms with Crippen LogP contribution in [0.2, 0.25) is 0 Å². The van der Waals surface area contributed by atoms with Crippen LogP contribution in [0.15, 0.2) is 47.6 Å². The number of carbonyl (C=O) groups excluding carboxylic acids is 1. The van der Waals surface area contributed by atoms with Crippen molar-refractivity contribution in [1.29, 1.82) is 0 Å². The molecule has 0 fully saturated rings.